The molecule has 5 nitrogen and oxygen atoms in total. The number of nitrogens with one attached hydrogen (secondary N) is 1. The molecule has 100 valence electrons. The van der Waals surface area contributed by atoms with Gasteiger partial charge < -0.3 is 15.8 Å². The molecule has 0 fully saturated rings. The summed E-state index contributed by atoms with van der Waals surface area (Å²) in [6.07, 6.45) is 3.28. The molecular formula is C14H18N4O. The van der Waals surface area contributed by atoms with Gasteiger partial charge in [0.05, 0.1) is 19.0 Å². The minimum absolute atomic E-state index is 0.117. The van der Waals surface area contributed by atoms with Crippen molar-refractivity contribution in [3.05, 3.63) is 42.2 Å². The van der Waals surface area contributed by atoms with Crippen LogP contribution in [0, 0.1) is 0 Å². The number of hydrogen-bond acceptors (Lipinski definition) is 5. The molecule has 2 rings (SSSR count). The Morgan fingerprint density at radius 3 is 2.68 bits per heavy atom. The lowest BCUT2D eigenvalue weighted by molar-refractivity contribution is 0.325. The van der Waals surface area contributed by atoms with Crippen LogP contribution in [-0.2, 0) is 0 Å². The van der Waals surface area contributed by atoms with E-state index in [-0.39, 0.29) is 6.04 Å². The second-order valence-electron chi connectivity index (χ2n) is 4.21. The number of anilines is 2. The number of benzene rings is 1. The Morgan fingerprint density at radius 2 is 2.00 bits per heavy atom. The Morgan fingerprint density at radius 1 is 1.26 bits per heavy atom. The number of rotatable bonds is 5. The predicted octanol–water partition coefficient (Wildman–Crippen LogP) is 2.63. The Labute approximate surface area is 112 Å². The summed E-state index contributed by atoms with van der Waals surface area (Å²) in [4.78, 5) is 8.42. The van der Waals surface area contributed by atoms with E-state index in [1.807, 2.05) is 31.2 Å². The molecular weight excluding hydrogens is 240 g/mol. The van der Waals surface area contributed by atoms with E-state index in [1.165, 1.54) is 0 Å². The van der Waals surface area contributed by atoms with E-state index in [4.69, 9.17) is 10.5 Å². The number of nitrogens with zero attached hydrogens (tertiary/aromatic N) is 2. The van der Waals surface area contributed by atoms with Gasteiger partial charge in [-0.15, -0.1) is 0 Å². The van der Waals surface area contributed by atoms with Crippen LogP contribution in [0.1, 0.15) is 25.5 Å². The van der Waals surface area contributed by atoms with Crippen LogP contribution in [0.2, 0.25) is 0 Å². The minimum Gasteiger partial charge on any atom is -0.477 e. The summed E-state index contributed by atoms with van der Waals surface area (Å²) in [5.41, 5.74) is 7.57. The largest absolute Gasteiger partial charge is 0.477 e. The van der Waals surface area contributed by atoms with E-state index in [9.17, 15) is 0 Å². The summed E-state index contributed by atoms with van der Waals surface area (Å²) < 4.78 is 5.32. The fourth-order valence-corrected chi connectivity index (χ4v) is 1.72. The maximum atomic E-state index is 5.67. The topological polar surface area (TPSA) is 73.1 Å². The molecule has 0 aliphatic carbocycles. The van der Waals surface area contributed by atoms with Gasteiger partial charge >= 0.3 is 0 Å². The average Bonchev–Trinajstić information content (AvgIpc) is 2.40. The van der Waals surface area contributed by atoms with Gasteiger partial charge in [0, 0.05) is 11.7 Å². The van der Waals surface area contributed by atoms with Gasteiger partial charge in [0.2, 0.25) is 5.88 Å². The molecule has 2 aromatic rings. The molecule has 1 heterocycles. The average molecular weight is 258 g/mol. The molecule has 0 spiro atoms. The van der Waals surface area contributed by atoms with Crippen molar-refractivity contribution in [1.29, 1.82) is 0 Å². The molecule has 0 amide bonds. The van der Waals surface area contributed by atoms with Crippen LogP contribution < -0.4 is 15.8 Å². The lowest BCUT2D eigenvalue weighted by Gasteiger charge is -2.15. The van der Waals surface area contributed by atoms with Crippen LogP contribution in [0.4, 0.5) is 11.5 Å². The van der Waals surface area contributed by atoms with Crippen LogP contribution in [0.25, 0.3) is 0 Å². The molecule has 1 aromatic heterocycles. The molecule has 19 heavy (non-hydrogen) atoms. The SMILES string of the molecule is CCOc1cncc(NC(C)c2ccc(N)cc2)n1. The molecule has 0 saturated heterocycles. The third-order valence-electron chi connectivity index (χ3n) is 2.71. The first-order valence-corrected chi connectivity index (χ1v) is 6.26. The summed E-state index contributed by atoms with van der Waals surface area (Å²) in [6.45, 7) is 4.55. The van der Waals surface area contributed by atoms with Crippen LogP contribution in [-0.4, -0.2) is 16.6 Å². The zero-order valence-electron chi connectivity index (χ0n) is 11.1. The minimum atomic E-state index is 0.117. The van der Waals surface area contributed by atoms with Crippen LogP contribution in [0.3, 0.4) is 0 Å². The first-order chi connectivity index (χ1) is 9.19. The summed E-state index contributed by atoms with van der Waals surface area (Å²) in [6, 6.07) is 7.87. The van der Waals surface area contributed by atoms with E-state index in [1.54, 1.807) is 12.4 Å². The van der Waals surface area contributed by atoms with Gasteiger partial charge in [-0.05, 0) is 31.5 Å². The van der Waals surface area contributed by atoms with Gasteiger partial charge in [0.25, 0.3) is 0 Å². The lowest BCUT2D eigenvalue weighted by Crippen LogP contribution is -2.09. The first kappa shape index (κ1) is 13.1. The predicted molar refractivity (Wildman–Crippen MR) is 76.1 cm³/mol. The smallest absolute Gasteiger partial charge is 0.234 e. The van der Waals surface area contributed by atoms with Gasteiger partial charge in [-0.25, -0.2) is 0 Å². The molecule has 1 aromatic carbocycles. The van der Waals surface area contributed by atoms with Crippen molar-refractivity contribution in [1.82, 2.24) is 9.97 Å². The van der Waals surface area contributed by atoms with Crippen molar-refractivity contribution < 1.29 is 4.74 Å². The first-order valence-electron chi connectivity index (χ1n) is 6.26. The summed E-state index contributed by atoms with van der Waals surface area (Å²) in [7, 11) is 0. The molecule has 5 heteroatoms. The summed E-state index contributed by atoms with van der Waals surface area (Å²) in [5.74, 6) is 1.22. The Bertz CT molecular complexity index is 527. The highest BCUT2D eigenvalue weighted by Crippen LogP contribution is 2.19. The lowest BCUT2D eigenvalue weighted by atomic mass is 10.1. The van der Waals surface area contributed by atoms with Gasteiger partial charge in [0.1, 0.15) is 5.82 Å². The second kappa shape index (κ2) is 6.04. The number of aromatic nitrogens is 2. The molecule has 1 atom stereocenters. The number of ether oxygens (including phenoxy) is 1. The van der Waals surface area contributed by atoms with Crippen LogP contribution in [0.5, 0.6) is 5.88 Å². The van der Waals surface area contributed by atoms with Crippen molar-refractivity contribution in [2.24, 2.45) is 0 Å². The standard InChI is InChI=1S/C14H18N4O/c1-3-19-14-9-16-8-13(18-14)17-10(2)11-4-6-12(15)7-5-11/h4-10H,3,15H2,1-2H3,(H,17,18). The zero-order chi connectivity index (χ0) is 13.7. The van der Waals surface area contributed by atoms with Gasteiger partial charge in [0.15, 0.2) is 0 Å². The summed E-state index contributed by atoms with van der Waals surface area (Å²) >= 11 is 0. The van der Waals surface area contributed by atoms with Crippen molar-refractivity contribution in [3.8, 4) is 5.88 Å². The maximum absolute atomic E-state index is 5.67. The van der Waals surface area contributed by atoms with E-state index in [0.717, 1.165) is 11.3 Å². The highest BCUT2D eigenvalue weighted by Gasteiger charge is 2.07. The normalized spacial score (nSPS) is 11.9. The fraction of sp³-hybridized carbons (Fsp3) is 0.286. The van der Waals surface area contributed by atoms with Gasteiger partial charge in [-0.1, -0.05) is 12.1 Å². The molecule has 0 aliphatic rings. The Hall–Kier alpha value is -2.30. The van der Waals surface area contributed by atoms with Crippen molar-refractivity contribution in [2.45, 2.75) is 19.9 Å². The molecule has 3 N–H and O–H groups in total. The highest BCUT2D eigenvalue weighted by molar-refractivity contribution is 5.43. The molecule has 0 saturated carbocycles. The van der Waals surface area contributed by atoms with Crippen LogP contribution in [0.15, 0.2) is 36.7 Å². The Kier molecular flexibility index (Phi) is 4.18. The number of nitrogen functional groups attached to an aromatic ring is 1. The van der Waals surface area contributed by atoms with Crippen molar-refractivity contribution in [2.75, 3.05) is 17.7 Å². The molecule has 0 radical (unpaired) electrons. The van der Waals surface area contributed by atoms with Gasteiger partial charge in [-0.3, -0.25) is 4.98 Å². The molecule has 0 bridgehead atoms. The van der Waals surface area contributed by atoms with Crippen LogP contribution >= 0.6 is 0 Å². The molecule has 0 aliphatic heterocycles. The van der Waals surface area contributed by atoms with Crippen molar-refractivity contribution in [3.63, 3.8) is 0 Å². The third kappa shape index (κ3) is 3.58. The van der Waals surface area contributed by atoms with Gasteiger partial charge in [-0.2, -0.15) is 4.98 Å². The number of nitrogens with two attached hydrogens (primary N) is 1. The second-order valence-corrected chi connectivity index (χ2v) is 4.21. The maximum Gasteiger partial charge on any atom is 0.234 e. The quantitative estimate of drug-likeness (QED) is 0.806. The zero-order valence-corrected chi connectivity index (χ0v) is 11.1. The van der Waals surface area contributed by atoms with E-state index >= 15 is 0 Å². The monoisotopic (exact) mass is 258 g/mol. The van der Waals surface area contributed by atoms with E-state index in [2.05, 4.69) is 22.2 Å². The van der Waals surface area contributed by atoms with Crippen molar-refractivity contribution >= 4 is 11.5 Å². The molecule has 1 unspecified atom stereocenters. The fourth-order valence-electron chi connectivity index (χ4n) is 1.72. The van der Waals surface area contributed by atoms with E-state index in [0.29, 0.717) is 18.3 Å². The highest BCUT2D eigenvalue weighted by atomic mass is 16.5. The Balaban J connectivity index is 2.07. The summed E-state index contributed by atoms with van der Waals surface area (Å²) in [5, 5.41) is 3.28. The number of hydrogen-bond donors (Lipinski definition) is 2. The third-order valence-corrected chi connectivity index (χ3v) is 2.71. The van der Waals surface area contributed by atoms with E-state index < -0.39 is 0 Å².